The van der Waals surface area contributed by atoms with Gasteiger partial charge in [-0.3, -0.25) is 9.59 Å². The Morgan fingerprint density at radius 1 is 1.19 bits per heavy atom. The van der Waals surface area contributed by atoms with Gasteiger partial charge in [0.2, 0.25) is 0 Å². The van der Waals surface area contributed by atoms with Crippen LogP contribution in [0.1, 0.15) is 28.3 Å². The first-order chi connectivity index (χ1) is 13.0. The fourth-order valence-corrected chi connectivity index (χ4v) is 3.20. The molecule has 6 nitrogen and oxygen atoms in total. The molecule has 1 fully saturated rings. The van der Waals surface area contributed by atoms with Crippen molar-refractivity contribution in [1.29, 1.82) is 0 Å². The third-order valence-corrected chi connectivity index (χ3v) is 4.60. The van der Waals surface area contributed by atoms with E-state index in [0.717, 1.165) is 12.0 Å². The number of nitrogens with zero attached hydrogens (tertiary/aromatic N) is 1. The summed E-state index contributed by atoms with van der Waals surface area (Å²) in [5.74, 6) is -0.0830. The summed E-state index contributed by atoms with van der Waals surface area (Å²) in [4.78, 5) is 25.5. The molecule has 2 aromatic carbocycles. The predicted molar refractivity (Wildman–Crippen MR) is 97.3 cm³/mol. The number of ether oxygens (including phenoxy) is 2. The van der Waals surface area contributed by atoms with Gasteiger partial charge in [0.1, 0.15) is 5.82 Å². The van der Waals surface area contributed by atoms with Gasteiger partial charge < -0.3 is 20.1 Å². The molecule has 1 aliphatic rings. The zero-order valence-corrected chi connectivity index (χ0v) is 15.0. The van der Waals surface area contributed by atoms with E-state index in [9.17, 15) is 14.0 Å². The molecule has 0 bridgehead atoms. The highest BCUT2D eigenvalue weighted by Gasteiger charge is 2.28. The van der Waals surface area contributed by atoms with Gasteiger partial charge in [0.15, 0.2) is 18.1 Å². The summed E-state index contributed by atoms with van der Waals surface area (Å²) < 4.78 is 23.6. The molecular weight excluding hydrogens is 351 g/mol. The van der Waals surface area contributed by atoms with E-state index < -0.39 is 5.91 Å². The molecule has 142 valence electrons. The van der Waals surface area contributed by atoms with Crippen LogP contribution in [0.3, 0.4) is 0 Å². The number of hydrogen-bond acceptors (Lipinski definition) is 4. The molecule has 27 heavy (non-hydrogen) atoms. The molecule has 0 spiro atoms. The van der Waals surface area contributed by atoms with Crippen LogP contribution in [0.4, 0.5) is 4.39 Å². The Kier molecular flexibility index (Phi) is 5.59. The molecule has 7 heteroatoms. The van der Waals surface area contributed by atoms with E-state index in [2.05, 4.69) is 0 Å². The summed E-state index contributed by atoms with van der Waals surface area (Å²) >= 11 is 0. The highest BCUT2D eigenvalue weighted by Crippen LogP contribution is 2.31. The number of halogens is 1. The van der Waals surface area contributed by atoms with E-state index in [1.807, 2.05) is 0 Å². The first-order valence-corrected chi connectivity index (χ1v) is 8.62. The quantitative estimate of drug-likeness (QED) is 0.844. The van der Waals surface area contributed by atoms with Crippen LogP contribution in [0, 0.1) is 5.82 Å². The van der Waals surface area contributed by atoms with E-state index in [4.69, 9.17) is 15.2 Å². The number of carbonyl (C=O) groups is 2. The minimum atomic E-state index is -0.596. The second-order valence-electron chi connectivity index (χ2n) is 6.41. The lowest BCUT2D eigenvalue weighted by atomic mass is 9.98. The summed E-state index contributed by atoms with van der Waals surface area (Å²) in [6.45, 7) is 0.935. The van der Waals surface area contributed by atoms with Crippen LogP contribution in [0.15, 0.2) is 42.5 Å². The van der Waals surface area contributed by atoms with E-state index in [0.29, 0.717) is 30.2 Å². The Morgan fingerprint density at radius 3 is 2.59 bits per heavy atom. The largest absolute Gasteiger partial charge is 0.493 e. The normalized spacial score (nSPS) is 16.2. The Balaban J connectivity index is 1.70. The molecule has 2 amide bonds. The lowest BCUT2D eigenvalue weighted by Gasteiger charge is -2.18. The van der Waals surface area contributed by atoms with Crippen LogP contribution in [0.25, 0.3) is 0 Å². The van der Waals surface area contributed by atoms with Crippen LogP contribution in [0.2, 0.25) is 0 Å². The van der Waals surface area contributed by atoms with Gasteiger partial charge in [0.25, 0.3) is 11.8 Å². The van der Waals surface area contributed by atoms with Crippen LogP contribution in [-0.2, 0) is 4.79 Å². The van der Waals surface area contributed by atoms with Crippen molar-refractivity contribution in [3.8, 4) is 11.5 Å². The maximum atomic E-state index is 13.1. The highest BCUT2D eigenvalue weighted by atomic mass is 19.1. The monoisotopic (exact) mass is 372 g/mol. The minimum Gasteiger partial charge on any atom is -0.493 e. The van der Waals surface area contributed by atoms with E-state index >= 15 is 0 Å². The van der Waals surface area contributed by atoms with Gasteiger partial charge in [-0.05, 0) is 42.3 Å². The van der Waals surface area contributed by atoms with E-state index in [1.165, 1.54) is 19.2 Å². The van der Waals surface area contributed by atoms with Gasteiger partial charge in [-0.1, -0.05) is 12.1 Å². The van der Waals surface area contributed by atoms with Crippen molar-refractivity contribution in [3.05, 3.63) is 59.4 Å². The lowest BCUT2D eigenvalue weighted by molar-refractivity contribution is -0.119. The average molecular weight is 372 g/mol. The third-order valence-electron chi connectivity index (χ3n) is 4.60. The minimum absolute atomic E-state index is 0.112. The van der Waals surface area contributed by atoms with Crippen molar-refractivity contribution in [2.24, 2.45) is 5.73 Å². The van der Waals surface area contributed by atoms with Crippen LogP contribution in [-0.4, -0.2) is 43.5 Å². The first kappa shape index (κ1) is 18.7. The molecule has 2 N–H and O–H groups in total. The van der Waals surface area contributed by atoms with Crippen LogP contribution in [0.5, 0.6) is 11.5 Å². The number of methoxy groups -OCH3 is 1. The SMILES string of the molecule is COc1cc(C(=O)N2CCC(c3ccc(F)cc3)C2)ccc1OCC(N)=O. The first-order valence-electron chi connectivity index (χ1n) is 8.62. The van der Waals surface area contributed by atoms with Crippen molar-refractivity contribution in [1.82, 2.24) is 4.90 Å². The smallest absolute Gasteiger partial charge is 0.255 e. The molecule has 0 aliphatic carbocycles. The van der Waals surface area contributed by atoms with Crippen LogP contribution >= 0.6 is 0 Å². The number of hydrogen-bond donors (Lipinski definition) is 1. The standard InChI is InChI=1S/C20H21FN2O4/c1-26-18-10-14(4-7-17(18)27-12-19(22)24)20(25)23-9-8-15(11-23)13-2-5-16(21)6-3-13/h2-7,10,15H,8-9,11-12H2,1H3,(H2,22,24). The number of rotatable bonds is 6. The molecular formula is C20H21FN2O4. The molecule has 3 rings (SSSR count). The summed E-state index contributed by atoms with van der Waals surface area (Å²) in [5, 5.41) is 0. The predicted octanol–water partition coefficient (Wildman–Crippen LogP) is 2.33. The van der Waals surface area contributed by atoms with Gasteiger partial charge in [0, 0.05) is 24.6 Å². The number of nitrogens with two attached hydrogens (primary N) is 1. The van der Waals surface area contributed by atoms with Crippen molar-refractivity contribution < 1.29 is 23.5 Å². The van der Waals surface area contributed by atoms with E-state index in [1.54, 1.807) is 35.2 Å². The zero-order valence-electron chi connectivity index (χ0n) is 15.0. The molecule has 0 aromatic heterocycles. The fourth-order valence-electron chi connectivity index (χ4n) is 3.20. The molecule has 1 heterocycles. The third kappa shape index (κ3) is 4.36. The number of carbonyl (C=O) groups excluding carboxylic acids is 2. The fraction of sp³-hybridized carbons (Fsp3) is 0.300. The van der Waals surface area contributed by atoms with Gasteiger partial charge in [-0.15, -0.1) is 0 Å². The van der Waals surface area contributed by atoms with Crippen molar-refractivity contribution in [3.63, 3.8) is 0 Å². The maximum Gasteiger partial charge on any atom is 0.255 e. The Morgan fingerprint density at radius 2 is 1.93 bits per heavy atom. The Hall–Kier alpha value is -3.09. The maximum absolute atomic E-state index is 13.1. The number of likely N-dealkylation sites (tertiary alicyclic amines) is 1. The molecule has 1 unspecified atom stereocenters. The highest BCUT2D eigenvalue weighted by molar-refractivity contribution is 5.95. The Bertz CT molecular complexity index is 838. The summed E-state index contributed by atoms with van der Waals surface area (Å²) in [7, 11) is 1.46. The molecule has 1 saturated heterocycles. The van der Waals surface area contributed by atoms with E-state index in [-0.39, 0.29) is 24.2 Å². The molecule has 1 aliphatic heterocycles. The van der Waals surface area contributed by atoms with Crippen LogP contribution < -0.4 is 15.2 Å². The average Bonchev–Trinajstić information content (AvgIpc) is 3.16. The molecule has 0 radical (unpaired) electrons. The van der Waals surface area contributed by atoms with Crippen molar-refractivity contribution in [2.45, 2.75) is 12.3 Å². The second-order valence-corrected chi connectivity index (χ2v) is 6.41. The summed E-state index contributed by atoms with van der Waals surface area (Å²) in [6, 6.07) is 11.2. The number of primary amides is 1. The zero-order chi connectivity index (χ0) is 19.4. The summed E-state index contributed by atoms with van der Waals surface area (Å²) in [6.07, 6.45) is 0.828. The van der Waals surface area contributed by atoms with Crippen molar-refractivity contribution in [2.75, 3.05) is 26.8 Å². The topological polar surface area (TPSA) is 81.9 Å². The molecule has 1 atom stereocenters. The number of amides is 2. The van der Waals surface area contributed by atoms with Gasteiger partial charge in [0.05, 0.1) is 7.11 Å². The molecule has 2 aromatic rings. The van der Waals surface area contributed by atoms with Crippen molar-refractivity contribution >= 4 is 11.8 Å². The van der Waals surface area contributed by atoms with Gasteiger partial charge >= 0.3 is 0 Å². The number of benzene rings is 2. The molecule has 0 saturated carbocycles. The van der Waals surface area contributed by atoms with Gasteiger partial charge in [-0.2, -0.15) is 0 Å². The second kappa shape index (κ2) is 8.07. The lowest BCUT2D eigenvalue weighted by Crippen LogP contribution is -2.28. The summed E-state index contributed by atoms with van der Waals surface area (Å²) in [5.41, 5.74) is 6.57. The van der Waals surface area contributed by atoms with Gasteiger partial charge in [-0.25, -0.2) is 4.39 Å². The Labute approximate surface area is 156 Å².